The molecule has 2 rings (SSSR count). The van der Waals surface area contributed by atoms with E-state index in [1.807, 2.05) is 0 Å². The van der Waals surface area contributed by atoms with Crippen LogP contribution in [-0.2, 0) is 4.79 Å². The van der Waals surface area contributed by atoms with E-state index in [0.29, 0.717) is 16.3 Å². The maximum absolute atomic E-state index is 11.8. The van der Waals surface area contributed by atoms with Crippen LogP contribution in [0.1, 0.15) is 10.4 Å². The van der Waals surface area contributed by atoms with Crippen molar-refractivity contribution in [1.29, 1.82) is 0 Å². The van der Waals surface area contributed by atoms with Crippen LogP contribution in [0, 0.1) is 0 Å². The van der Waals surface area contributed by atoms with Gasteiger partial charge in [0.15, 0.2) is 0 Å². The maximum atomic E-state index is 11.8. The fourth-order valence-corrected chi connectivity index (χ4v) is 1.67. The molecular weight excluding hydrogens is 250 g/mol. The lowest BCUT2D eigenvalue weighted by molar-refractivity contribution is -0.112. The summed E-state index contributed by atoms with van der Waals surface area (Å²) in [6.45, 7) is 0. The molecular formula is C14H10ClNO2. The van der Waals surface area contributed by atoms with Crippen molar-refractivity contribution in [3.63, 3.8) is 0 Å². The molecule has 1 amide bonds. The number of Topliss-reactive ketones (excluding diaryl/α,β-unsaturated/α-hetero) is 1. The van der Waals surface area contributed by atoms with Gasteiger partial charge < -0.3 is 5.32 Å². The number of rotatable bonds is 3. The van der Waals surface area contributed by atoms with E-state index in [1.54, 1.807) is 54.6 Å². The van der Waals surface area contributed by atoms with Crippen LogP contribution in [0.2, 0.25) is 5.02 Å². The second kappa shape index (κ2) is 5.47. The maximum Gasteiger partial charge on any atom is 0.296 e. The van der Waals surface area contributed by atoms with Crippen LogP contribution in [0.25, 0.3) is 0 Å². The highest BCUT2D eigenvalue weighted by atomic mass is 35.5. The molecule has 1 N–H and O–H groups in total. The summed E-state index contributed by atoms with van der Waals surface area (Å²) >= 11 is 5.79. The van der Waals surface area contributed by atoms with Crippen LogP contribution < -0.4 is 5.32 Å². The molecule has 0 aliphatic heterocycles. The SMILES string of the molecule is O=C(Nc1cccc(Cl)c1)C(=O)c1ccccc1. The average Bonchev–Trinajstić information content (AvgIpc) is 2.39. The van der Waals surface area contributed by atoms with Gasteiger partial charge in [-0.15, -0.1) is 0 Å². The van der Waals surface area contributed by atoms with Gasteiger partial charge in [-0.1, -0.05) is 48.0 Å². The molecule has 0 aliphatic carbocycles. The van der Waals surface area contributed by atoms with Crippen molar-refractivity contribution in [2.75, 3.05) is 5.32 Å². The molecule has 2 aromatic rings. The first-order valence-corrected chi connectivity index (χ1v) is 5.71. The Bertz CT molecular complexity index is 581. The molecule has 0 aromatic heterocycles. The summed E-state index contributed by atoms with van der Waals surface area (Å²) in [4.78, 5) is 23.5. The van der Waals surface area contributed by atoms with Crippen molar-refractivity contribution in [3.8, 4) is 0 Å². The van der Waals surface area contributed by atoms with E-state index in [9.17, 15) is 9.59 Å². The number of hydrogen-bond donors (Lipinski definition) is 1. The molecule has 0 unspecified atom stereocenters. The van der Waals surface area contributed by atoms with Crippen molar-refractivity contribution in [1.82, 2.24) is 0 Å². The van der Waals surface area contributed by atoms with Gasteiger partial charge in [-0.25, -0.2) is 0 Å². The van der Waals surface area contributed by atoms with E-state index in [0.717, 1.165) is 0 Å². The van der Waals surface area contributed by atoms with Gasteiger partial charge >= 0.3 is 0 Å². The predicted molar refractivity (Wildman–Crippen MR) is 70.9 cm³/mol. The summed E-state index contributed by atoms with van der Waals surface area (Å²) in [5, 5.41) is 3.01. The number of carbonyl (C=O) groups excluding carboxylic acids is 2. The monoisotopic (exact) mass is 259 g/mol. The van der Waals surface area contributed by atoms with E-state index >= 15 is 0 Å². The minimum absolute atomic E-state index is 0.358. The van der Waals surface area contributed by atoms with Crippen molar-refractivity contribution in [2.45, 2.75) is 0 Å². The van der Waals surface area contributed by atoms with Gasteiger partial charge in [-0.3, -0.25) is 9.59 Å². The van der Waals surface area contributed by atoms with Crippen LogP contribution >= 0.6 is 11.6 Å². The van der Waals surface area contributed by atoms with E-state index in [4.69, 9.17) is 11.6 Å². The van der Waals surface area contributed by atoms with E-state index < -0.39 is 11.7 Å². The topological polar surface area (TPSA) is 46.2 Å². The quantitative estimate of drug-likeness (QED) is 0.680. The molecule has 18 heavy (non-hydrogen) atoms. The molecule has 3 nitrogen and oxygen atoms in total. The second-order valence-electron chi connectivity index (χ2n) is 3.66. The highest BCUT2D eigenvalue weighted by Gasteiger charge is 2.15. The molecule has 0 fully saturated rings. The molecule has 0 heterocycles. The molecule has 0 saturated heterocycles. The first-order valence-electron chi connectivity index (χ1n) is 5.33. The Morgan fingerprint density at radius 1 is 0.944 bits per heavy atom. The Morgan fingerprint density at radius 2 is 1.67 bits per heavy atom. The summed E-state index contributed by atoms with van der Waals surface area (Å²) in [5.74, 6) is -1.25. The Kier molecular flexibility index (Phi) is 3.75. The highest BCUT2D eigenvalue weighted by molar-refractivity contribution is 6.46. The Labute approximate surface area is 109 Å². The third-order valence-electron chi connectivity index (χ3n) is 2.32. The highest BCUT2D eigenvalue weighted by Crippen LogP contribution is 2.15. The molecule has 0 radical (unpaired) electrons. The van der Waals surface area contributed by atoms with Gasteiger partial charge in [-0.05, 0) is 18.2 Å². The van der Waals surface area contributed by atoms with Gasteiger partial charge in [0.25, 0.3) is 11.7 Å². The molecule has 0 bridgehead atoms. The van der Waals surface area contributed by atoms with Crippen LogP contribution in [0.4, 0.5) is 5.69 Å². The van der Waals surface area contributed by atoms with Crippen LogP contribution in [-0.4, -0.2) is 11.7 Å². The second-order valence-corrected chi connectivity index (χ2v) is 4.10. The normalized spacial score (nSPS) is 9.83. The summed E-state index contributed by atoms with van der Waals surface area (Å²) in [5.41, 5.74) is 0.855. The van der Waals surface area contributed by atoms with Crippen LogP contribution in [0.15, 0.2) is 54.6 Å². The smallest absolute Gasteiger partial charge is 0.296 e. The number of ketones is 1. The summed E-state index contributed by atoms with van der Waals surface area (Å²) in [6, 6.07) is 15.0. The lowest BCUT2D eigenvalue weighted by atomic mass is 10.1. The first kappa shape index (κ1) is 12.3. The van der Waals surface area contributed by atoms with Crippen molar-refractivity contribution in [3.05, 3.63) is 65.2 Å². The summed E-state index contributed by atoms with van der Waals surface area (Å²) in [6.07, 6.45) is 0. The number of amides is 1. The molecule has 2 aromatic carbocycles. The third-order valence-corrected chi connectivity index (χ3v) is 2.56. The van der Waals surface area contributed by atoms with E-state index in [1.165, 1.54) is 0 Å². The molecule has 0 spiro atoms. The minimum Gasteiger partial charge on any atom is -0.319 e. The van der Waals surface area contributed by atoms with Gasteiger partial charge in [0.2, 0.25) is 0 Å². The Morgan fingerprint density at radius 3 is 2.33 bits per heavy atom. The lowest BCUT2D eigenvalue weighted by Crippen LogP contribution is -2.22. The van der Waals surface area contributed by atoms with Crippen molar-refractivity contribution in [2.24, 2.45) is 0 Å². The molecule has 0 saturated carbocycles. The van der Waals surface area contributed by atoms with Gasteiger partial charge in [-0.2, -0.15) is 0 Å². The zero-order valence-electron chi connectivity index (χ0n) is 9.39. The third kappa shape index (κ3) is 2.96. The lowest BCUT2D eigenvalue weighted by Gasteiger charge is -2.04. The van der Waals surface area contributed by atoms with Crippen molar-refractivity contribution < 1.29 is 9.59 Å². The van der Waals surface area contributed by atoms with E-state index in [2.05, 4.69) is 5.32 Å². The fourth-order valence-electron chi connectivity index (χ4n) is 1.47. The standard InChI is InChI=1S/C14H10ClNO2/c15-11-7-4-8-12(9-11)16-14(18)13(17)10-5-2-1-3-6-10/h1-9H,(H,16,18). The zero-order chi connectivity index (χ0) is 13.0. The number of hydrogen-bond acceptors (Lipinski definition) is 2. The average molecular weight is 260 g/mol. The molecule has 90 valence electrons. The predicted octanol–water partition coefficient (Wildman–Crippen LogP) is 3.16. The van der Waals surface area contributed by atoms with Crippen molar-refractivity contribution >= 4 is 29.0 Å². The van der Waals surface area contributed by atoms with Crippen LogP contribution in [0.5, 0.6) is 0 Å². The minimum atomic E-state index is -0.677. The number of benzene rings is 2. The number of nitrogens with one attached hydrogen (secondary N) is 1. The Balaban J connectivity index is 2.11. The van der Waals surface area contributed by atoms with E-state index in [-0.39, 0.29) is 0 Å². The molecule has 4 heteroatoms. The zero-order valence-corrected chi connectivity index (χ0v) is 10.1. The summed E-state index contributed by atoms with van der Waals surface area (Å²) < 4.78 is 0. The number of anilines is 1. The van der Waals surface area contributed by atoms with Crippen LogP contribution in [0.3, 0.4) is 0 Å². The number of halogens is 1. The number of carbonyl (C=O) groups is 2. The molecule has 0 atom stereocenters. The molecule has 0 aliphatic rings. The summed E-state index contributed by atoms with van der Waals surface area (Å²) in [7, 11) is 0. The van der Waals surface area contributed by atoms with Gasteiger partial charge in [0.1, 0.15) is 0 Å². The largest absolute Gasteiger partial charge is 0.319 e. The Hall–Kier alpha value is -2.13. The first-order chi connectivity index (χ1) is 8.66. The van der Waals surface area contributed by atoms with Gasteiger partial charge in [0, 0.05) is 16.3 Å². The van der Waals surface area contributed by atoms with Gasteiger partial charge in [0.05, 0.1) is 0 Å². The fraction of sp³-hybridized carbons (Fsp3) is 0.